The first kappa shape index (κ1) is 13.6. The molecule has 0 aliphatic heterocycles. The molecule has 17 heavy (non-hydrogen) atoms. The molecular weight excluding hydrogens is 255 g/mol. The zero-order valence-corrected chi connectivity index (χ0v) is 9.42. The maximum absolute atomic E-state index is 12.7. The molecule has 0 N–H and O–H groups in total. The molecule has 0 aliphatic carbocycles. The monoisotopic (exact) mass is 263 g/mol. The highest BCUT2D eigenvalue weighted by atomic mass is 35.5. The summed E-state index contributed by atoms with van der Waals surface area (Å²) < 4.78 is 38.0. The number of oxime groups is 1. The first-order valence-electron chi connectivity index (χ1n) is 4.59. The minimum atomic E-state index is -4.59. The number of rotatable bonds is 4. The van der Waals surface area contributed by atoms with Gasteiger partial charge in [-0.15, -0.1) is 0 Å². The average molecular weight is 264 g/mol. The minimum Gasteiger partial charge on any atom is -0.391 e. The van der Waals surface area contributed by atoms with Gasteiger partial charge in [-0.3, -0.25) is 0 Å². The Balaban J connectivity index is 3.02. The zero-order valence-electron chi connectivity index (χ0n) is 8.67. The van der Waals surface area contributed by atoms with Gasteiger partial charge in [-0.1, -0.05) is 41.5 Å². The van der Waals surface area contributed by atoms with E-state index in [0.29, 0.717) is 5.02 Å². The molecule has 0 radical (unpaired) electrons. The highest BCUT2D eigenvalue weighted by Crippen LogP contribution is 2.23. The van der Waals surface area contributed by atoms with Gasteiger partial charge >= 0.3 is 6.18 Å². The number of alkyl halides is 3. The average Bonchev–Trinajstić information content (AvgIpc) is 2.25. The van der Waals surface area contributed by atoms with Gasteiger partial charge in [-0.25, -0.2) is 0 Å². The van der Waals surface area contributed by atoms with E-state index in [-0.39, 0.29) is 12.2 Å². The molecular formula is C11H9ClF3NO. The normalized spacial score (nSPS) is 12.4. The van der Waals surface area contributed by atoms with Gasteiger partial charge in [0.15, 0.2) is 5.71 Å². The Labute approximate surface area is 101 Å². The van der Waals surface area contributed by atoms with Gasteiger partial charge in [0.2, 0.25) is 0 Å². The summed E-state index contributed by atoms with van der Waals surface area (Å²) in [6.07, 6.45) is -3.28. The van der Waals surface area contributed by atoms with Crippen molar-refractivity contribution in [2.45, 2.75) is 6.18 Å². The summed E-state index contributed by atoms with van der Waals surface area (Å²) in [5.74, 6) is 0. The van der Waals surface area contributed by atoms with Crippen LogP contribution in [0.15, 0.2) is 42.1 Å². The molecule has 0 atom stereocenters. The Hall–Kier alpha value is -1.49. The number of hydrogen-bond donors (Lipinski definition) is 0. The highest BCUT2D eigenvalue weighted by molar-refractivity contribution is 6.30. The lowest BCUT2D eigenvalue weighted by Crippen LogP contribution is -2.24. The van der Waals surface area contributed by atoms with E-state index in [0.717, 1.165) is 0 Å². The molecule has 1 rings (SSSR count). The smallest absolute Gasteiger partial charge is 0.391 e. The summed E-state index contributed by atoms with van der Waals surface area (Å²) in [5, 5.41) is 3.41. The van der Waals surface area contributed by atoms with Crippen molar-refractivity contribution >= 4 is 17.3 Å². The number of hydrogen-bond acceptors (Lipinski definition) is 2. The first-order valence-corrected chi connectivity index (χ1v) is 4.97. The lowest BCUT2D eigenvalue weighted by atomic mass is 10.1. The van der Waals surface area contributed by atoms with Crippen LogP contribution in [0.25, 0.3) is 0 Å². The second-order valence-electron chi connectivity index (χ2n) is 3.03. The van der Waals surface area contributed by atoms with Crippen molar-refractivity contribution in [1.82, 2.24) is 0 Å². The number of nitrogens with zero attached hydrogens (tertiary/aromatic N) is 1. The van der Waals surface area contributed by atoms with Crippen molar-refractivity contribution in [3.05, 3.63) is 47.5 Å². The molecule has 1 aromatic rings. The Kier molecular flexibility index (Phi) is 4.57. The van der Waals surface area contributed by atoms with Crippen molar-refractivity contribution in [1.29, 1.82) is 0 Å². The van der Waals surface area contributed by atoms with Crippen LogP contribution in [0.5, 0.6) is 0 Å². The standard InChI is InChI=1S/C11H9ClF3NO/c1-2-7-17-16-10(11(13,14)15)8-3-5-9(12)6-4-8/h2-6H,1,7H2. The third-order valence-corrected chi connectivity index (χ3v) is 1.99. The van der Waals surface area contributed by atoms with Crippen molar-refractivity contribution in [2.75, 3.05) is 6.61 Å². The SMILES string of the molecule is C=CCON=C(c1ccc(Cl)cc1)C(F)(F)F. The maximum Gasteiger partial charge on any atom is 0.437 e. The van der Waals surface area contributed by atoms with Crippen LogP contribution in [0.2, 0.25) is 5.02 Å². The van der Waals surface area contributed by atoms with Crippen LogP contribution in [0, 0.1) is 0 Å². The van der Waals surface area contributed by atoms with Crippen LogP contribution < -0.4 is 0 Å². The molecule has 0 saturated heterocycles. The third-order valence-electron chi connectivity index (χ3n) is 1.73. The third kappa shape index (κ3) is 4.11. The lowest BCUT2D eigenvalue weighted by Gasteiger charge is -2.10. The van der Waals surface area contributed by atoms with E-state index in [1.807, 2.05) is 0 Å². The van der Waals surface area contributed by atoms with E-state index in [9.17, 15) is 13.2 Å². The molecule has 0 bridgehead atoms. The molecule has 0 aliphatic rings. The summed E-state index contributed by atoms with van der Waals surface area (Å²) in [7, 11) is 0. The summed E-state index contributed by atoms with van der Waals surface area (Å²) in [4.78, 5) is 4.47. The van der Waals surface area contributed by atoms with Crippen LogP contribution in [0.3, 0.4) is 0 Å². The summed E-state index contributed by atoms with van der Waals surface area (Å²) in [6, 6.07) is 5.16. The molecule has 0 saturated carbocycles. The van der Waals surface area contributed by atoms with Gasteiger partial charge in [0, 0.05) is 10.6 Å². The van der Waals surface area contributed by atoms with Gasteiger partial charge in [0.1, 0.15) is 6.61 Å². The predicted octanol–water partition coefficient (Wildman–Crippen LogP) is 3.81. The molecule has 1 aromatic carbocycles. The van der Waals surface area contributed by atoms with Crippen molar-refractivity contribution in [3.63, 3.8) is 0 Å². The number of benzene rings is 1. The summed E-state index contributed by atoms with van der Waals surface area (Å²) in [5.41, 5.74) is -1.21. The zero-order chi connectivity index (χ0) is 12.9. The Morgan fingerprint density at radius 1 is 1.35 bits per heavy atom. The lowest BCUT2D eigenvalue weighted by molar-refractivity contribution is -0.0611. The fourth-order valence-corrected chi connectivity index (χ4v) is 1.16. The number of halogens is 4. The van der Waals surface area contributed by atoms with Crippen molar-refractivity contribution in [2.24, 2.45) is 5.16 Å². The van der Waals surface area contributed by atoms with E-state index < -0.39 is 11.9 Å². The van der Waals surface area contributed by atoms with Gasteiger partial charge in [0.05, 0.1) is 0 Å². The summed E-state index contributed by atoms with van der Waals surface area (Å²) >= 11 is 5.59. The first-order chi connectivity index (χ1) is 7.95. The molecule has 2 nitrogen and oxygen atoms in total. The molecule has 0 unspecified atom stereocenters. The van der Waals surface area contributed by atoms with Gasteiger partial charge in [-0.2, -0.15) is 13.2 Å². The van der Waals surface area contributed by atoms with E-state index in [1.54, 1.807) is 0 Å². The second-order valence-corrected chi connectivity index (χ2v) is 3.47. The van der Waals surface area contributed by atoms with Crippen LogP contribution in [-0.4, -0.2) is 18.5 Å². The fourth-order valence-electron chi connectivity index (χ4n) is 1.03. The van der Waals surface area contributed by atoms with Crippen LogP contribution in [0.1, 0.15) is 5.56 Å². The molecule has 0 amide bonds. The van der Waals surface area contributed by atoms with Crippen LogP contribution in [0.4, 0.5) is 13.2 Å². The predicted molar refractivity (Wildman–Crippen MR) is 60.2 cm³/mol. The minimum absolute atomic E-state index is 0.0901. The molecule has 0 spiro atoms. The molecule has 0 aromatic heterocycles. The fraction of sp³-hybridized carbons (Fsp3) is 0.182. The van der Waals surface area contributed by atoms with Crippen LogP contribution >= 0.6 is 11.6 Å². The molecule has 92 valence electrons. The summed E-state index contributed by atoms with van der Waals surface area (Å²) in [6.45, 7) is 3.22. The van der Waals surface area contributed by atoms with Gasteiger partial charge in [0.25, 0.3) is 0 Å². The second kappa shape index (κ2) is 5.72. The Morgan fingerprint density at radius 3 is 2.41 bits per heavy atom. The van der Waals surface area contributed by atoms with Crippen LogP contribution in [-0.2, 0) is 4.84 Å². The maximum atomic E-state index is 12.7. The Bertz CT molecular complexity index is 412. The van der Waals surface area contributed by atoms with Crippen molar-refractivity contribution in [3.8, 4) is 0 Å². The molecule has 0 heterocycles. The van der Waals surface area contributed by atoms with Gasteiger partial charge in [-0.05, 0) is 12.1 Å². The van der Waals surface area contributed by atoms with E-state index in [1.165, 1.54) is 30.3 Å². The Morgan fingerprint density at radius 2 is 1.94 bits per heavy atom. The molecule has 0 fully saturated rings. The van der Waals surface area contributed by atoms with E-state index in [4.69, 9.17) is 11.6 Å². The van der Waals surface area contributed by atoms with Crippen molar-refractivity contribution < 1.29 is 18.0 Å². The van der Waals surface area contributed by atoms with E-state index >= 15 is 0 Å². The highest BCUT2D eigenvalue weighted by Gasteiger charge is 2.37. The topological polar surface area (TPSA) is 21.6 Å². The quantitative estimate of drug-likeness (QED) is 0.350. The largest absolute Gasteiger partial charge is 0.437 e. The van der Waals surface area contributed by atoms with E-state index in [2.05, 4.69) is 16.6 Å². The molecule has 6 heteroatoms. The van der Waals surface area contributed by atoms with Gasteiger partial charge < -0.3 is 4.84 Å².